The average molecular weight is 510 g/mol. The molecule has 1 heterocycles. The third-order valence-corrected chi connectivity index (χ3v) is 4.51. The Morgan fingerprint density at radius 1 is 1.30 bits per heavy atom. The van der Waals surface area contributed by atoms with Gasteiger partial charge in [-0.1, -0.05) is 23.7 Å². The van der Waals surface area contributed by atoms with Crippen molar-refractivity contribution in [2.45, 2.75) is 26.7 Å². The van der Waals surface area contributed by atoms with Crippen molar-refractivity contribution in [3.63, 3.8) is 0 Å². The van der Waals surface area contributed by atoms with Crippen LogP contribution in [0.15, 0.2) is 29.3 Å². The van der Waals surface area contributed by atoms with E-state index in [0.29, 0.717) is 30.5 Å². The van der Waals surface area contributed by atoms with Crippen LogP contribution in [-0.2, 0) is 9.53 Å². The maximum Gasteiger partial charge on any atom is 0.309 e. The molecule has 6 nitrogen and oxygen atoms in total. The Kier molecular flexibility index (Phi) is 11.5. The Morgan fingerprint density at radius 3 is 2.63 bits per heavy atom. The SMILES string of the molecule is CCNC(=NCCOc1ccccc1Cl)N1CCC(C(=O)OCC)CC1.I. The van der Waals surface area contributed by atoms with Gasteiger partial charge < -0.3 is 19.7 Å². The highest BCUT2D eigenvalue weighted by Gasteiger charge is 2.27. The van der Waals surface area contributed by atoms with Gasteiger partial charge in [0.15, 0.2) is 5.96 Å². The van der Waals surface area contributed by atoms with Crippen molar-refractivity contribution < 1.29 is 14.3 Å². The van der Waals surface area contributed by atoms with Gasteiger partial charge in [-0.15, -0.1) is 24.0 Å². The highest BCUT2D eigenvalue weighted by molar-refractivity contribution is 14.0. The molecule has 0 bridgehead atoms. The number of aliphatic imine (C=N–C) groups is 1. The second-order valence-corrected chi connectivity index (χ2v) is 6.44. The van der Waals surface area contributed by atoms with Crippen molar-refractivity contribution in [3.05, 3.63) is 29.3 Å². The molecule has 0 aromatic heterocycles. The maximum absolute atomic E-state index is 11.9. The van der Waals surface area contributed by atoms with Crippen LogP contribution in [0.25, 0.3) is 0 Å². The molecule has 0 radical (unpaired) electrons. The van der Waals surface area contributed by atoms with Gasteiger partial charge in [-0.25, -0.2) is 4.99 Å². The van der Waals surface area contributed by atoms with Crippen LogP contribution in [0.1, 0.15) is 26.7 Å². The number of esters is 1. The number of piperidine rings is 1. The normalized spacial score (nSPS) is 15.1. The lowest BCUT2D eigenvalue weighted by Crippen LogP contribution is -2.46. The molecule has 1 aliphatic rings. The Balaban J connectivity index is 0.00000364. The number of ether oxygens (including phenoxy) is 2. The summed E-state index contributed by atoms with van der Waals surface area (Å²) in [5, 5.41) is 3.91. The smallest absolute Gasteiger partial charge is 0.309 e. The number of guanidine groups is 1. The zero-order chi connectivity index (χ0) is 18.8. The molecule has 0 spiro atoms. The number of nitrogens with zero attached hydrogens (tertiary/aromatic N) is 2. The minimum Gasteiger partial charge on any atom is -0.490 e. The molecule has 0 saturated carbocycles. The molecule has 1 aromatic carbocycles. The van der Waals surface area contributed by atoms with E-state index in [4.69, 9.17) is 21.1 Å². The van der Waals surface area contributed by atoms with Gasteiger partial charge in [-0.2, -0.15) is 0 Å². The van der Waals surface area contributed by atoms with E-state index in [0.717, 1.165) is 38.4 Å². The van der Waals surface area contributed by atoms with E-state index in [1.165, 1.54) is 0 Å². The van der Waals surface area contributed by atoms with Gasteiger partial charge in [0.25, 0.3) is 0 Å². The molecule has 1 fully saturated rings. The van der Waals surface area contributed by atoms with Crippen LogP contribution in [0.2, 0.25) is 5.02 Å². The summed E-state index contributed by atoms with van der Waals surface area (Å²) in [5.41, 5.74) is 0. The van der Waals surface area contributed by atoms with Crippen LogP contribution in [0, 0.1) is 5.92 Å². The summed E-state index contributed by atoms with van der Waals surface area (Å²) >= 11 is 6.08. The van der Waals surface area contributed by atoms with Gasteiger partial charge in [0.2, 0.25) is 0 Å². The topological polar surface area (TPSA) is 63.2 Å². The van der Waals surface area contributed by atoms with Gasteiger partial charge in [0.05, 0.1) is 24.1 Å². The van der Waals surface area contributed by atoms with Crippen LogP contribution in [0.3, 0.4) is 0 Å². The zero-order valence-corrected chi connectivity index (χ0v) is 19.0. The van der Waals surface area contributed by atoms with E-state index in [1.807, 2.05) is 32.0 Å². The highest BCUT2D eigenvalue weighted by Crippen LogP contribution is 2.23. The van der Waals surface area contributed by atoms with E-state index in [-0.39, 0.29) is 35.9 Å². The number of hydrogen-bond donors (Lipinski definition) is 1. The molecule has 0 unspecified atom stereocenters. The summed E-state index contributed by atoms with van der Waals surface area (Å²) < 4.78 is 10.8. The van der Waals surface area contributed by atoms with Crippen LogP contribution in [0.4, 0.5) is 0 Å². The summed E-state index contributed by atoms with van der Waals surface area (Å²) in [7, 11) is 0. The summed E-state index contributed by atoms with van der Waals surface area (Å²) in [6.07, 6.45) is 1.58. The molecule has 1 N–H and O–H groups in total. The number of para-hydroxylation sites is 1. The van der Waals surface area contributed by atoms with Gasteiger partial charge in [-0.05, 0) is 38.8 Å². The number of benzene rings is 1. The number of carbonyl (C=O) groups excluding carboxylic acids is 1. The molecule has 2 rings (SSSR count). The Morgan fingerprint density at radius 2 is 2.00 bits per heavy atom. The van der Waals surface area contributed by atoms with Crippen LogP contribution >= 0.6 is 35.6 Å². The number of carbonyl (C=O) groups is 1. The van der Waals surface area contributed by atoms with Crippen LogP contribution < -0.4 is 10.1 Å². The summed E-state index contributed by atoms with van der Waals surface area (Å²) in [5.74, 6) is 1.45. The second-order valence-electron chi connectivity index (χ2n) is 6.03. The van der Waals surface area contributed by atoms with Crippen molar-refractivity contribution in [3.8, 4) is 5.75 Å². The first-order chi connectivity index (χ1) is 12.7. The fourth-order valence-corrected chi connectivity index (χ4v) is 3.07. The van der Waals surface area contributed by atoms with E-state index in [2.05, 4.69) is 15.2 Å². The Bertz CT molecular complexity index is 608. The van der Waals surface area contributed by atoms with Gasteiger partial charge in [0.1, 0.15) is 12.4 Å². The second kappa shape index (κ2) is 13.0. The molecule has 27 heavy (non-hydrogen) atoms. The average Bonchev–Trinajstić information content (AvgIpc) is 2.66. The van der Waals surface area contributed by atoms with Crippen LogP contribution in [-0.4, -0.2) is 56.2 Å². The summed E-state index contributed by atoms with van der Waals surface area (Å²) in [6.45, 7) is 7.69. The van der Waals surface area contributed by atoms with Crippen molar-refractivity contribution in [2.75, 3.05) is 39.4 Å². The molecular formula is C19H29ClIN3O3. The highest BCUT2D eigenvalue weighted by atomic mass is 127. The number of nitrogens with one attached hydrogen (secondary N) is 1. The molecule has 1 aromatic rings. The molecule has 1 saturated heterocycles. The van der Waals surface area contributed by atoms with E-state index in [1.54, 1.807) is 6.07 Å². The summed E-state index contributed by atoms with van der Waals surface area (Å²) in [4.78, 5) is 18.7. The first kappa shape index (κ1) is 23.8. The van der Waals surface area contributed by atoms with Crippen LogP contribution in [0.5, 0.6) is 5.75 Å². The van der Waals surface area contributed by atoms with Gasteiger partial charge >= 0.3 is 5.97 Å². The molecule has 8 heteroatoms. The fourth-order valence-electron chi connectivity index (χ4n) is 2.88. The predicted molar refractivity (Wildman–Crippen MR) is 119 cm³/mol. The molecule has 0 aliphatic carbocycles. The number of halogens is 2. The fraction of sp³-hybridized carbons (Fsp3) is 0.579. The number of likely N-dealkylation sites (tertiary alicyclic amines) is 1. The molecule has 1 aliphatic heterocycles. The molecule has 0 atom stereocenters. The summed E-state index contributed by atoms with van der Waals surface area (Å²) in [6, 6.07) is 7.41. The third kappa shape index (κ3) is 7.73. The standard InChI is InChI=1S/C19H28ClN3O3.HI/c1-3-21-19(22-11-14-26-17-8-6-5-7-16(17)20)23-12-9-15(10-13-23)18(24)25-4-2;/h5-8,15H,3-4,9-14H2,1-2H3,(H,21,22);1H. The molecule has 152 valence electrons. The number of rotatable bonds is 7. The minimum atomic E-state index is -0.0813. The quantitative estimate of drug-likeness (QED) is 0.200. The minimum absolute atomic E-state index is 0. The molecular weight excluding hydrogens is 481 g/mol. The van der Waals surface area contributed by atoms with Gasteiger partial charge in [0, 0.05) is 19.6 Å². The van der Waals surface area contributed by atoms with E-state index in [9.17, 15) is 4.79 Å². The Hall–Kier alpha value is -1.22. The zero-order valence-electron chi connectivity index (χ0n) is 15.9. The Labute approximate surface area is 183 Å². The predicted octanol–water partition coefficient (Wildman–Crippen LogP) is 3.58. The lowest BCUT2D eigenvalue weighted by Gasteiger charge is -2.33. The number of hydrogen-bond acceptors (Lipinski definition) is 4. The van der Waals surface area contributed by atoms with E-state index >= 15 is 0 Å². The maximum atomic E-state index is 11.9. The van der Waals surface area contributed by atoms with Gasteiger partial charge in [-0.3, -0.25) is 4.79 Å². The first-order valence-electron chi connectivity index (χ1n) is 9.22. The van der Waals surface area contributed by atoms with Crippen molar-refractivity contribution in [1.82, 2.24) is 10.2 Å². The van der Waals surface area contributed by atoms with E-state index < -0.39 is 0 Å². The molecule has 0 amide bonds. The van der Waals surface area contributed by atoms with Crippen molar-refractivity contribution >= 4 is 47.5 Å². The monoisotopic (exact) mass is 509 g/mol. The first-order valence-corrected chi connectivity index (χ1v) is 9.60. The third-order valence-electron chi connectivity index (χ3n) is 4.20. The largest absolute Gasteiger partial charge is 0.490 e. The van der Waals surface area contributed by atoms with Crippen molar-refractivity contribution in [2.24, 2.45) is 10.9 Å². The lowest BCUT2D eigenvalue weighted by atomic mass is 9.97. The lowest BCUT2D eigenvalue weighted by molar-refractivity contribution is -0.149. The van der Waals surface area contributed by atoms with Crippen molar-refractivity contribution in [1.29, 1.82) is 0 Å².